The van der Waals surface area contributed by atoms with Crippen LogP contribution in [0.3, 0.4) is 0 Å². The molecule has 0 N–H and O–H groups in total. The first kappa shape index (κ1) is 26.8. The highest BCUT2D eigenvalue weighted by Crippen LogP contribution is 2.36. The summed E-state index contributed by atoms with van der Waals surface area (Å²) in [4.78, 5) is 1.25. The average molecular weight is 468 g/mol. The van der Waals surface area contributed by atoms with Crippen molar-refractivity contribution in [1.29, 1.82) is 5.26 Å². The van der Waals surface area contributed by atoms with E-state index in [0.717, 1.165) is 18.4 Å². The van der Waals surface area contributed by atoms with Gasteiger partial charge < -0.3 is 14.2 Å². The van der Waals surface area contributed by atoms with Crippen LogP contribution in [0.1, 0.15) is 46.1 Å². The third-order valence-corrected chi connectivity index (χ3v) is 7.30. The van der Waals surface area contributed by atoms with Crippen molar-refractivity contribution in [3.05, 3.63) is 65.7 Å². The van der Waals surface area contributed by atoms with E-state index in [-0.39, 0.29) is 11.5 Å². The number of hydrogen-bond acceptors (Lipinski definition) is 5. The van der Waals surface area contributed by atoms with Crippen molar-refractivity contribution < 1.29 is 14.2 Å². The minimum Gasteiger partial charge on any atom is -0.493 e. The lowest BCUT2D eigenvalue weighted by atomic mass is 9.94. The van der Waals surface area contributed by atoms with Crippen molar-refractivity contribution in [1.82, 2.24) is 0 Å². The fourth-order valence-corrected chi connectivity index (χ4v) is 5.10. The van der Waals surface area contributed by atoms with Gasteiger partial charge in [0.25, 0.3) is 0 Å². The van der Waals surface area contributed by atoms with Crippen LogP contribution >= 0.6 is 11.8 Å². The highest BCUT2D eigenvalue weighted by Gasteiger charge is 2.30. The first-order chi connectivity index (χ1) is 15.8. The minimum atomic E-state index is -0.246. The van der Waals surface area contributed by atoms with Crippen LogP contribution in [0.15, 0.2) is 65.1 Å². The lowest BCUT2D eigenvalue weighted by molar-refractivity contribution is -0.0124. The Morgan fingerprint density at radius 1 is 1.09 bits per heavy atom. The van der Waals surface area contributed by atoms with Crippen molar-refractivity contribution in [3.8, 4) is 17.6 Å². The van der Waals surface area contributed by atoms with Crippen molar-refractivity contribution in [2.45, 2.75) is 62.7 Å². The molecule has 2 aromatic carbocycles. The Morgan fingerprint density at radius 2 is 1.79 bits per heavy atom. The van der Waals surface area contributed by atoms with Gasteiger partial charge >= 0.3 is 0 Å². The summed E-state index contributed by atoms with van der Waals surface area (Å²) < 4.78 is 16.8. The van der Waals surface area contributed by atoms with Crippen LogP contribution in [0.25, 0.3) is 0 Å². The van der Waals surface area contributed by atoms with E-state index >= 15 is 0 Å². The second kappa shape index (κ2) is 13.3. The number of allylic oxidation sites excluding steroid dienone is 2. The van der Waals surface area contributed by atoms with Gasteiger partial charge in [-0.25, -0.2) is 0 Å². The summed E-state index contributed by atoms with van der Waals surface area (Å²) in [7, 11) is 3.25. The zero-order valence-electron chi connectivity index (χ0n) is 20.8. The number of nitriles is 1. The van der Waals surface area contributed by atoms with Gasteiger partial charge in [-0.05, 0) is 76.8 Å². The van der Waals surface area contributed by atoms with E-state index in [1.807, 2.05) is 43.0 Å². The summed E-state index contributed by atoms with van der Waals surface area (Å²) >= 11 is 1.87. The largest absolute Gasteiger partial charge is 0.493 e. The Balaban J connectivity index is 2.08. The molecular formula is C28H37NO3S. The summed E-state index contributed by atoms with van der Waals surface area (Å²) in [6.07, 6.45) is 4.64. The maximum absolute atomic E-state index is 9.76. The van der Waals surface area contributed by atoms with Gasteiger partial charge in [-0.15, -0.1) is 11.8 Å². The fraction of sp³-hybridized carbons (Fsp3) is 0.464. The van der Waals surface area contributed by atoms with Crippen molar-refractivity contribution >= 4 is 11.8 Å². The van der Waals surface area contributed by atoms with Crippen LogP contribution in [-0.4, -0.2) is 31.7 Å². The van der Waals surface area contributed by atoms with E-state index in [9.17, 15) is 5.26 Å². The normalized spacial score (nSPS) is 13.8. The van der Waals surface area contributed by atoms with Crippen LogP contribution in [0.2, 0.25) is 0 Å². The molecule has 0 heterocycles. The molecule has 33 heavy (non-hydrogen) atoms. The SMILES string of the molecule is CCOC(C)(C)C(CC/C(C)=C/C(C#N)Cc1ccc(OC)c(OC)c1)Sc1ccccc1. The van der Waals surface area contributed by atoms with Crippen molar-refractivity contribution in [2.24, 2.45) is 5.92 Å². The molecule has 4 nitrogen and oxygen atoms in total. The molecular weight excluding hydrogens is 430 g/mol. The number of benzene rings is 2. The Hall–Kier alpha value is -2.42. The Morgan fingerprint density at radius 3 is 2.39 bits per heavy atom. The molecule has 0 radical (unpaired) electrons. The lowest BCUT2D eigenvalue weighted by Crippen LogP contribution is -2.37. The molecule has 0 fully saturated rings. The average Bonchev–Trinajstić information content (AvgIpc) is 2.81. The predicted octanol–water partition coefficient (Wildman–Crippen LogP) is 7.09. The van der Waals surface area contributed by atoms with E-state index in [4.69, 9.17) is 14.2 Å². The molecule has 0 aliphatic carbocycles. The van der Waals surface area contributed by atoms with Gasteiger partial charge in [-0.2, -0.15) is 5.26 Å². The highest BCUT2D eigenvalue weighted by atomic mass is 32.2. The molecule has 5 heteroatoms. The summed E-state index contributed by atoms with van der Waals surface area (Å²) in [5, 5.41) is 10.1. The van der Waals surface area contributed by atoms with Gasteiger partial charge in [0, 0.05) is 16.8 Å². The zero-order chi connectivity index (χ0) is 24.3. The molecule has 178 valence electrons. The first-order valence-corrected chi connectivity index (χ1v) is 12.3. The number of thioether (sulfide) groups is 1. The summed E-state index contributed by atoms with van der Waals surface area (Å²) in [5.41, 5.74) is 2.04. The molecule has 0 aliphatic rings. The molecule has 0 bridgehead atoms. The van der Waals surface area contributed by atoms with Crippen LogP contribution in [0, 0.1) is 17.2 Å². The zero-order valence-corrected chi connectivity index (χ0v) is 21.6. The summed E-state index contributed by atoms with van der Waals surface area (Å²) in [5.74, 6) is 1.19. The second-order valence-corrected chi connectivity index (χ2v) is 9.91. The van der Waals surface area contributed by atoms with Gasteiger partial charge in [0.15, 0.2) is 11.5 Å². The van der Waals surface area contributed by atoms with E-state index in [1.165, 1.54) is 10.5 Å². The molecule has 0 spiro atoms. The highest BCUT2D eigenvalue weighted by molar-refractivity contribution is 8.00. The van der Waals surface area contributed by atoms with Crippen molar-refractivity contribution in [3.63, 3.8) is 0 Å². The molecule has 2 rings (SSSR count). The molecule has 0 aliphatic heterocycles. The second-order valence-electron chi connectivity index (χ2n) is 8.64. The number of nitrogens with zero attached hydrogens (tertiary/aromatic N) is 1. The molecule has 2 unspecified atom stereocenters. The monoisotopic (exact) mass is 467 g/mol. The van der Waals surface area contributed by atoms with E-state index in [0.29, 0.717) is 29.8 Å². The maximum Gasteiger partial charge on any atom is 0.160 e. The van der Waals surface area contributed by atoms with Crippen molar-refractivity contribution in [2.75, 3.05) is 20.8 Å². The number of ether oxygens (including phenoxy) is 3. The predicted molar refractivity (Wildman–Crippen MR) is 137 cm³/mol. The number of methoxy groups -OCH3 is 2. The molecule has 0 amide bonds. The maximum atomic E-state index is 9.76. The van der Waals surface area contributed by atoms with Crippen LogP contribution < -0.4 is 9.47 Å². The fourth-order valence-electron chi connectivity index (χ4n) is 3.87. The van der Waals surface area contributed by atoms with Gasteiger partial charge in [0.2, 0.25) is 0 Å². The van der Waals surface area contributed by atoms with E-state index in [1.54, 1.807) is 14.2 Å². The molecule has 0 aromatic heterocycles. The Bertz CT molecular complexity index is 934. The standard InChI is InChI=1S/C28H37NO3S/c1-7-32-28(3,4)27(33-24-11-9-8-10-12-24)16-13-21(2)17-23(20-29)18-22-14-15-25(30-5)26(19-22)31-6/h8-12,14-15,17,19,23,27H,7,13,16,18H2,1-6H3/b21-17+. The summed E-state index contributed by atoms with van der Waals surface area (Å²) in [6.45, 7) is 9.20. The topological polar surface area (TPSA) is 51.5 Å². The minimum absolute atomic E-state index is 0.191. The molecule has 0 saturated heterocycles. The third kappa shape index (κ3) is 8.46. The van der Waals surface area contributed by atoms with Gasteiger partial charge in [0.05, 0.1) is 31.8 Å². The molecule has 2 aromatic rings. The number of rotatable bonds is 13. The smallest absolute Gasteiger partial charge is 0.160 e. The van der Waals surface area contributed by atoms with Gasteiger partial charge in [-0.1, -0.05) is 35.9 Å². The van der Waals surface area contributed by atoms with Crippen LogP contribution in [0.4, 0.5) is 0 Å². The van der Waals surface area contributed by atoms with E-state index < -0.39 is 0 Å². The number of hydrogen-bond donors (Lipinski definition) is 0. The van der Waals surface area contributed by atoms with Gasteiger partial charge in [-0.3, -0.25) is 0 Å². The summed E-state index contributed by atoms with van der Waals surface area (Å²) in [6, 6.07) is 18.8. The van der Waals surface area contributed by atoms with Gasteiger partial charge in [0.1, 0.15) is 0 Å². The molecule has 0 saturated carbocycles. The Kier molecular flexibility index (Phi) is 10.8. The van der Waals surface area contributed by atoms with E-state index in [2.05, 4.69) is 57.2 Å². The lowest BCUT2D eigenvalue weighted by Gasteiger charge is -2.34. The quantitative estimate of drug-likeness (QED) is 0.232. The molecule has 2 atom stereocenters. The first-order valence-electron chi connectivity index (χ1n) is 11.5. The Labute approximate surface area is 203 Å². The van der Waals surface area contributed by atoms with Crippen LogP contribution in [0.5, 0.6) is 11.5 Å². The third-order valence-electron chi connectivity index (χ3n) is 5.67. The van der Waals surface area contributed by atoms with Crippen LogP contribution in [-0.2, 0) is 11.2 Å².